The number of benzene rings is 5. The number of aryl methyl sites for hydroxylation is 10. The Labute approximate surface area is 837 Å². The summed E-state index contributed by atoms with van der Waals surface area (Å²) in [6, 6.07) is 49.8. The van der Waals surface area contributed by atoms with Crippen molar-refractivity contribution in [3.63, 3.8) is 0 Å². The quantitative estimate of drug-likeness (QED) is 0.108. The van der Waals surface area contributed by atoms with E-state index >= 15 is 0 Å². The molecule has 3 N–H and O–H groups in total. The first-order valence-corrected chi connectivity index (χ1v) is 50.3. The van der Waals surface area contributed by atoms with E-state index in [0.717, 1.165) is 251 Å². The SMILES string of the molecule is CCN1CCC(c2ccc3nc(-c4cc(C)c5nn(C)cc5c4)cc(=O)n3c2)CC1.Cc1cc(-c2cc(=O)n3cc(C4CCN(C)CC4)ccc3n2)cc2cn(C)nc12.Cc1cc(N2CCNCC2)cn2c(=O)cc(-c3ccc4nn(C)cc4c3)nc12.Cc1cc(N2CCN[C@@H](C)C2)cn2c(=O)cc(-c3ccc4nn(C)cc4c3)nc12.Cc1cc(N2CCN[C@H](C)C2)cn2c(=O)cc(-c3ccc4nn(C)cc4c3)nc12. The fourth-order valence-electron chi connectivity index (χ4n) is 21.3. The second-order valence-corrected chi connectivity index (χ2v) is 39.9. The second kappa shape index (κ2) is 40.0. The van der Waals surface area contributed by atoms with Crippen LogP contribution in [0.2, 0.25) is 0 Å². The van der Waals surface area contributed by atoms with Crippen LogP contribution in [0.3, 0.4) is 0 Å². The van der Waals surface area contributed by atoms with Gasteiger partial charge in [0.25, 0.3) is 27.8 Å². The van der Waals surface area contributed by atoms with Gasteiger partial charge in [0.05, 0.1) is 73.1 Å². The molecule has 33 heteroatoms. The number of hydrogen-bond donors (Lipinski definition) is 3. The largest absolute Gasteiger partial charge is 0.368 e. The molecule has 25 rings (SSSR count). The highest BCUT2D eigenvalue weighted by atomic mass is 16.1. The summed E-state index contributed by atoms with van der Waals surface area (Å²) in [7, 11) is 11.7. The van der Waals surface area contributed by atoms with Crippen LogP contribution < -0.4 is 58.4 Å². The predicted octanol–water partition coefficient (Wildman–Crippen LogP) is 13.8. The van der Waals surface area contributed by atoms with Gasteiger partial charge in [0.2, 0.25) is 0 Å². The van der Waals surface area contributed by atoms with Crippen LogP contribution in [0.5, 0.6) is 0 Å². The van der Waals surface area contributed by atoms with Crippen molar-refractivity contribution in [3.8, 4) is 56.3 Å². The van der Waals surface area contributed by atoms with Crippen LogP contribution in [0, 0.1) is 34.6 Å². The Kier molecular flexibility index (Phi) is 26.4. The molecule has 0 bridgehead atoms. The highest BCUT2D eigenvalue weighted by Crippen LogP contribution is 2.36. The first kappa shape index (κ1) is 95.6. The molecule has 20 aromatic rings. The van der Waals surface area contributed by atoms with E-state index in [2.05, 4.69) is 148 Å². The summed E-state index contributed by atoms with van der Waals surface area (Å²) in [4.78, 5) is 101. The third-order valence-corrected chi connectivity index (χ3v) is 29.0. The molecule has 5 aliphatic rings. The van der Waals surface area contributed by atoms with Gasteiger partial charge in [0.15, 0.2) is 0 Å². The van der Waals surface area contributed by atoms with E-state index in [9.17, 15) is 24.0 Å². The lowest BCUT2D eigenvalue weighted by molar-refractivity contribution is 0.222. The molecular formula is C112H122N28O5. The fourth-order valence-corrected chi connectivity index (χ4v) is 21.3. The van der Waals surface area contributed by atoms with Gasteiger partial charge in [0.1, 0.15) is 28.2 Å². The number of aromatic nitrogens is 20. The average molecular weight is 1940 g/mol. The Morgan fingerprint density at radius 3 is 1.01 bits per heavy atom. The number of nitrogens with one attached hydrogen (secondary N) is 3. The lowest BCUT2D eigenvalue weighted by Gasteiger charge is -2.33. The minimum absolute atomic E-state index is 0.0354. The Balaban J connectivity index is 0.000000107. The Hall–Kier alpha value is -15.6. The minimum atomic E-state index is -0.0654. The van der Waals surface area contributed by atoms with Crippen LogP contribution >= 0.6 is 0 Å². The summed E-state index contributed by atoms with van der Waals surface area (Å²) in [5.74, 6) is 1.03. The third kappa shape index (κ3) is 20.1. The van der Waals surface area contributed by atoms with Crippen molar-refractivity contribution in [3.05, 3.63) is 304 Å². The maximum atomic E-state index is 13.0. The Morgan fingerprint density at radius 2 is 0.641 bits per heavy atom. The number of piperazine rings is 3. The normalized spacial score (nSPS) is 16.3. The zero-order valence-corrected chi connectivity index (χ0v) is 84.7. The van der Waals surface area contributed by atoms with E-state index in [0.29, 0.717) is 80.6 Å². The van der Waals surface area contributed by atoms with Crippen LogP contribution in [-0.2, 0) is 35.2 Å². The zero-order valence-electron chi connectivity index (χ0n) is 84.7. The summed E-state index contributed by atoms with van der Waals surface area (Å²) in [6.07, 6.45) is 24.2. The van der Waals surface area contributed by atoms with Crippen molar-refractivity contribution in [2.45, 2.75) is 105 Å². The maximum absolute atomic E-state index is 13.0. The second-order valence-electron chi connectivity index (χ2n) is 39.9. The third-order valence-electron chi connectivity index (χ3n) is 29.0. The lowest BCUT2D eigenvalue weighted by Crippen LogP contribution is -2.49. The Morgan fingerprint density at radius 1 is 0.310 bits per heavy atom. The molecular weight excluding hydrogens is 1820 g/mol. The van der Waals surface area contributed by atoms with Gasteiger partial charge in [-0.25, -0.2) is 24.9 Å². The molecule has 0 spiro atoms. The van der Waals surface area contributed by atoms with Gasteiger partial charge in [0, 0.05) is 260 Å². The first-order valence-electron chi connectivity index (χ1n) is 50.3. The first-order chi connectivity index (χ1) is 70.0. The number of fused-ring (bicyclic) bond motifs is 10. The Bertz CT molecular complexity index is 8530. The summed E-state index contributed by atoms with van der Waals surface area (Å²) < 4.78 is 17.4. The van der Waals surface area contributed by atoms with E-state index < -0.39 is 0 Å². The molecule has 0 aliphatic carbocycles. The van der Waals surface area contributed by atoms with E-state index in [-0.39, 0.29) is 27.8 Å². The number of hydrogen-bond acceptors (Lipinski definition) is 23. The van der Waals surface area contributed by atoms with Crippen molar-refractivity contribution >= 4 is 99.8 Å². The summed E-state index contributed by atoms with van der Waals surface area (Å²) in [5, 5.41) is 37.7. The van der Waals surface area contributed by atoms with Crippen molar-refractivity contribution in [2.24, 2.45) is 35.2 Å². The zero-order chi connectivity index (χ0) is 100. The number of piperidine rings is 2. The molecule has 5 fully saturated rings. The molecule has 0 saturated carbocycles. The van der Waals surface area contributed by atoms with Gasteiger partial charge in [-0.05, 0) is 256 Å². The molecule has 5 aromatic carbocycles. The number of likely N-dealkylation sites (tertiary alicyclic amines) is 2. The molecule has 145 heavy (non-hydrogen) atoms. The summed E-state index contributed by atoms with van der Waals surface area (Å²) in [6.45, 7) is 31.7. The molecule has 15 aromatic heterocycles. The van der Waals surface area contributed by atoms with Crippen LogP contribution in [0.25, 0.3) is 139 Å². The van der Waals surface area contributed by atoms with Gasteiger partial charge in [-0.3, -0.25) is 69.4 Å². The molecule has 5 aliphatic heterocycles. The summed E-state index contributed by atoms with van der Waals surface area (Å²) >= 11 is 0. The monoisotopic (exact) mass is 1940 g/mol. The molecule has 5 saturated heterocycles. The highest BCUT2D eigenvalue weighted by molar-refractivity contribution is 5.90. The molecule has 0 radical (unpaired) electrons. The van der Waals surface area contributed by atoms with E-state index in [4.69, 9.17) is 24.9 Å². The minimum Gasteiger partial charge on any atom is -0.368 e. The van der Waals surface area contributed by atoms with Crippen LogP contribution in [0.1, 0.15) is 97.2 Å². The van der Waals surface area contributed by atoms with Crippen molar-refractivity contribution in [1.82, 2.24) is 122 Å². The van der Waals surface area contributed by atoms with Crippen LogP contribution in [-0.4, -0.2) is 223 Å². The lowest BCUT2D eigenvalue weighted by atomic mass is 9.90. The van der Waals surface area contributed by atoms with Crippen LogP contribution in [0.4, 0.5) is 17.1 Å². The van der Waals surface area contributed by atoms with Gasteiger partial charge in [-0.15, -0.1) is 0 Å². The molecule has 20 heterocycles. The number of nitrogens with zero attached hydrogens (tertiary/aromatic N) is 25. The average Bonchev–Trinajstić information content (AvgIpc) is 1.26. The van der Waals surface area contributed by atoms with E-state index in [1.54, 1.807) is 66.4 Å². The van der Waals surface area contributed by atoms with Crippen LogP contribution in [0.15, 0.2) is 238 Å². The van der Waals surface area contributed by atoms with Gasteiger partial charge >= 0.3 is 0 Å². The number of pyridine rings is 5. The van der Waals surface area contributed by atoms with Crippen molar-refractivity contribution in [2.75, 3.05) is 120 Å². The molecule has 0 unspecified atom stereocenters. The smallest absolute Gasteiger partial charge is 0.258 e. The molecule has 740 valence electrons. The maximum Gasteiger partial charge on any atom is 0.258 e. The number of rotatable bonds is 11. The predicted molar refractivity (Wildman–Crippen MR) is 578 cm³/mol. The van der Waals surface area contributed by atoms with E-state index in [1.807, 2.05) is 208 Å². The number of anilines is 3. The van der Waals surface area contributed by atoms with E-state index in [1.165, 1.54) is 11.1 Å². The van der Waals surface area contributed by atoms with Gasteiger partial charge in [-0.1, -0.05) is 37.3 Å². The summed E-state index contributed by atoms with van der Waals surface area (Å²) in [5.41, 5.74) is 26.9. The molecule has 0 amide bonds. The molecule has 33 nitrogen and oxygen atoms in total. The van der Waals surface area contributed by atoms with Gasteiger partial charge < -0.3 is 40.4 Å². The topological polar surface area (TPSA) is 313 Å². The van der Waals surface area contributed by atoms with Gasteiger partial charge in [-0.2, -0.15) is 25.5 Å². The van der Waals surface area contributed by atoms with Crippen molar-refractivity contribution < 1.29 is 0 Å². The highest BCUT2D eigenvalue weighted by Gasteiger charge is 2.27. The standard InChI is InChI=1S/C24H27N5O.C23H25N5O.2C22H24N6O.C21H22N6O/c1-4-28-9-7-17(8-10-28)18-5-6-22-25-21(13-23(30)29(22)15-18)19-11-16(2)24-20(12-19)14-27(3)26-24;1-15-10-18(11-19-13-27(3)25-23(15)19)20-12-22(29)28-14-17(4-5-21(28)24-20)16-6-8-26(2)9-7-16;2*1-14-8-18(27-7-6-23-15(2)11-27)13-28-21(29)10-20(24-22(14)28)16-4-5-19-17(9-16)12-26(3)25-19;1-14-9-17(26-7-5-22-6-8-26)13-27-20(28)11-19(23-21(14)27)15-3-4-18-16(10-15)12-25(2)24-18/h5-6,11-15,17H,4,7-10H2,1-3H3;4-5,10-14,16H,6-9H2,1-3H3;2*4-5,8-10,12-13,15,23H,6-7,11H2,1-3H3;3-4,9-13,22H,5-8H2,1-2H3/t;;2*15-;/m..10./s1. The van der Waals surface area contributed by atoms with Crippen molar-refractivity contribution in [1.29, 1.82) is 0 Å². The molecule has 2 atom stereocenters. The fraction of sp³-hybridized carbons (Fsp3) is 0.330.